The van der Waals surface area contributed by atoms with Crippen LogP contribution in [0.15, 0.2) is 17.3 Å². The van der Waals surface area contributed by atoms with Gasteiger partial charge in [-0.1, -0.05) is 0 Å². The monoisotopic (exact) mass is 314 g/mol. The highest BCUT2D eigenvalue weighted by Crippen LogP contribution is 2.35. The molecule has 2 aliphatic rings. The van der Waals surface area contributed by atoms with Crippen molar-refractivity contribution >= 4 is 15.9 Å². The maximum atomic E-state index is 12.6. The molecule has 1 aromatic heterocycles. The maximum Gasteiger partial charge on any atom is 0.252 e. The molecule has 2 aliphatic heterocycles. The minimum atomic E-state index is -3.58. The number of aromatic nitrogens is 2. The third-order valence-corrected chi connectivity index (χ3v) is 6.13. The van der Waals surface area contributed by atoms with E-state index in [0.717, 1.165) is 0 Å². The van der Waals surface area contributed by atoms with E-state index in [1.54, 1.807) is 19.0 Å². The van der Waals surface area contributed by atoms with Gasteiger partial charge in [0.2, 0.25) is 10.0 Å². The zero-order valence-corrected chi connectivity index (χ0v) is 12.9. The van der Waals surface area contributed by atoms with Gasteiger partial charge in [-0.3, -0.25) is 9.48 Å². The third-order valence-electron chi connectivity index (χ3n) is 4.35. The number of likely N-dealkylation sites (tertiary alicyclic amines) is 1. The molecule has 2 fully saturated rings. The lowest BCUT2D eigenvalue weighted by Gasteiger charge is -2.20. The summed E-state index contributed by atoms with van der Waals surface area (Å²) in [6.45, 7) is 0.584. The Balaban J connectivity index is 1.87. The number of rotatable bonds is 3. The predicted octanol–water partition coefficient (Wildman–Crippen LogP) is -1.10. The number of carbonyl (C=O) groups is 1. The van der Waals surface area contributed by atoms with Gasteiger partial charge >= 0.3 is 0 Å². The van der Waals surface area contributed by atoms with Crippen LogP contribution in [0.4, 0.5) is 0 Å². The number of ether oxygens (including phenoxy) is 1. The van der Waals surface area contributed by atoms with Crippen LogP contribution in [-0.4, -0.2) is 72.7 Å². The first-order valence-corrected chi connectivity index (χ1v) is 8.08. The molecule has 0 bridgehead atoms. The second-order valence-electron chi connectivity index (χ2n) is 5.51. The van der Waals surface area contributed by atoms with Gasteiger partial charge in [0.05, 0.1) is 12.2 Å². The molecule has 0 unspecified atom stereocenters. The Bertz CT molecular complexity index is 671. The Morgan fingerprint density at radius 1 is 1.33 bits per heavy atom. The van der Waals surface area contributed by atoms with Crippen molar-refractivity contribution in [2.24, 2.45) is 13.0 Å². The number of sulfonamides is 1. The van der Waals surface area contributed by atoms with Crippen LogP contribution < -0.4 is 0 Å². The summed E-state index contributed by atoms with van der Waals surface area (Å²) in [4.78, 5) is 13.8. The number of carbonyl (C=O) groups excluding carboxylic acids is 1. The van der Waals surface area contributed by atoms with Crippen LogP contribution in [0.2, 0.25) is 0 Å². The third kappa shape index (κ3) is 2.07. The molecule has 0 saturated carbocycles. The summed E-state index contributed by atoms with van der Waals surface area (Å²) >= 11 is 0. The van der Waals surface area contributed by atoms with Crippen molar-refractivity contribution in [2.75, 3.05) is 27.2 Å². The van der Waals surface area contributed by atoms with Gasteiger partial charge in [-0.05, 0) is 0 Å². The Kier molecular flexibility index (Phi) is 3.30. The van der Waals surface area contributed by atoms with E-state index in [1.165, 1.54) is 28.5 Å². The molecule has 0 spiro atoms. The zero-order chi connectivity index (χ0) is 15.4. The van der Waals surface area contributed by atoms with Crippen molar-refractivity contribution in [3.05, 3.63) is 12.4 Å². The molecular formula is C12H18N4O4S. The molecule has 3 heterocycles. The van der Waals surface area contributed by atoms with Crippen LogP contribution in [0, 0.1) is 5.92 Å². The minimum absolute atomic E-state index is 0.0778. The number of hydrogen-bond donors (Lipinski definition) is 0. The number of likely N-dealkylation sites (N-methyl/N-ethyl adjacent to an activating group) is 1. The van der Waals surface area contributed by atoms with Crippen LogP contribution in [0.1, 0.15) is 0 Å². The highest BCUT2D eigenvalue weighted by atomic mass is 32.2. The summed E-state index contributed by atoms with van der Waals surface area (Å²) < 4.78 is 33.3. The SMILES string of the molecule is CO[C@@H]1C(=O)N(C)[C@@H]2CN(S(=O)(=O)c3cnn(C)c3)C[C@H]12. The van der Waals surface area contributed by atoms with E-state index >= 15 is 0 Å². The summed E-state index contributed by atoms with van der Waals surface area (Å²) in [6, 6.07) is -0.131. The van der Waals surface area contributed by atoms with Crippen LogP contribution in [0.25, 0.3) is 0 Å². The predicted molar refractivity (Wildman–Crippen MR) is 72.8 cm³/mol. The molecule has 1 amide bonds. The Labute approximate surface area is 123 Å². The molecule has 21 heavy (non-hydrogen) atoms. The van der Waals surface area contributed by atoms with E-state index in [1.807, 2.05) is 0 Å². The Morgan fingerprint density at radius 3 is 2.62 bits per heavy atom. The smallest absolute Gasteiger partial charge is 0.252 e. The maximum absolute atomic E-state index is 12.6. The molecule has 0 N–H and O–H groups in total. The lowest BCUT2D eigenvalue weighted by atomic mass is 10.0. The zero-order valence-electron chi connectivity index (χ0n) is 12.1. The fourth-order valence-electron chi connectivity index (χ4n) is 3.18. The van der Waals surface area contributed by atoms with Gasteiger partial charge in [0.1, 0.15) is 11.0 Å². The molecule has 3 rings (SSSR count). The van der Waals surface area contributed by atoms with Crippen molar-refractivity contribution < 1.29 is 17.9 Å². The topological polar surface area (TPSA) is 84.7 Å². The van der Waals surface area contributed by atoms with Crippen LogP contribution in [0.5, 0.6) is 0 Å². The standard InChI is InChI=1S/C12H18N4O4S/c1-14-5-8(4-13-14)21(18,19)16-6-9-10(7-16)15(2)12(17)11(9)20-3/h4-5,9-11H,6-7H2,1-3H3/t9-,10+,11-/m0/s1. The van der Waals surface area contributed by atoms with Crippen molar-refractivity contribution in [1.29, 1.82) is 0 Å². The lowest BCUT2D eigenvalue weighted by molar-refractivity contribution is -0.136. The first-order chi connectivity index (χ1) is 9.86. The largest absolute Gasteiger partial charge is 0.371 e. The van der Waals surface area contributed by atoms with E-state index in [0.29, 0.717) is 6.54 Å². The molecule has 0 aromatic carbocycles. The summed E-state index contributed by atoms with van der Waals surface area (Å²) in [5.74, 6) is -0.204. The molecule has 2 saturated heterocycles. The van der Waals surface area contributed by atoms with E-state index in [-0.39, 0.29) is 29.3 Å². The molecular weight excluding hydrogens is 296 g/mol. The number of hydrogen-bond acceptors (Lipinski definition) is 5. The molecule has 0 aliphatic carbocycles. The fourth-order valence-corrected chi connectivity index (χ4v) is 4.66. The van der Waals surface area contributed by atoms with Crippen molar-refractivity contribution in [3.8, 4) is 0 Å². The lowest BCUT2D eigenvalue weighted by Crippen LogP contribution is -2.38. The van der Waals surface area contributed by atoms with Gasteiger partial charge in [-0.2, -0.15) is 9.40 Å². The van der Waals surface area contributed by atoms with Crippen LogP contribution in [-0.2, 0) is 26.6 Å². The Hall–Kier alpha value is -1.45. The van der Waals surface area contributed by atoms with Gasteiger partial charge in [-0.25, -0.2) is 8.42 Å². The molecule has 1 aromatic rings. The second kappa shape index (κ2) is 4.79. The van der Waals surface area contributed by atoms with Gasteiger partial charge in [0.15, 0.2) is 0 Å². The molecule has 9 heteroatoms. The van der Waals surface area contributed by atoms with Gasteiger partial charge < -0.3 is 9.64 Å². The number of amides is 1. The quantitative estimate of drug-likeness (QED) is 0.707. The van der Waals surface area contributed by atoms with Gasteiger partial charge in [0.25, 0.3) is 5.91 Å². The van der Waals surface area contributed by atoms with Crippen LogP contribution >= 0.6 is 0 Å². The Morgan fingerprint density at radius 2 is 2.05 bits per heavy atom. The van der Waals surface area contributed by atoms with E-state index in [9.17, 15) is 13.2 Å². The number of nitrogens with zero attached hydrogens (tertiary/aromatic N) is 4. The van der Waals surface area contributed by atoms with Crippen molar-refractivity contribution in [2.45, 2.75) is 17.0 Å². The number of methoxy groups -OCH3 is 1. The average molecular weight is 314 g/mol. The summed E-state index contributed by atoms with van der Waals surface area (Å²) in [5.41, 5.74) is 0. The number of fused-ring (bicyclic) bond motifs is 1. The molecule has 0 radical (unpaired) electrons. The normalized spacial score (nSPS) is 30.1. The van der Waals surface area contributed by atoms with Gasteiger partial charge in [0, 0.05) is 46.4 Å². The summed E-state index contributed by atoms with van der Waals surface area (Å²) in [5, 5.41) is 3.91. The molecule has 8 nitrogen and oxygen atoms in total. The van der Waals surface area contributed by atoms with E-state index in [2.05, 4.69) is 5.10 Å². The minimum Gasteiger partial charge on any atom is -0.371 e. The number of aryl methyl sites for hydroxylation is 1. The first-order valence-electron chi connectivity index (χ1n) is 6.64. The first kappa shape index (κ1) is 14.5. The highest BCUT2D eigenvalue weighted by Gasteiger charge is 2.53. The molecule has 3 atom stereocenters. The van der Waals surface area contributed by atoms with E-state index in [4.69, 9.17) is 4.74 Å². The van der Waals surface area contributed by atoms with Gasteiger partial charge in [-0.15, -0.1) is 0 Å². The van der Waals surface area contributed by atoms with E-state index < -0.39 is 16.1 Å². The summed E-state index contributed by atoms with van der Waals surface area (Å²) in [6.07, 6.45) is 2.26. The highest BCUT2D eigenvalue weighted by molar-refractivity contribution is 7.89. The average Bonchev–Trinajstić information content (AvgIpc) is 3.09. The van der Waals surface area contributed by atoms with Crippen molar-refractivity contribution in [3.63, 3.8) is 0 Å². The fraction of sp³-hybridized carbons (Fsp3) is 0.667. The summed E-state index contributed by atoms with van der Waals surface area (Å²) in [7, 11) is 1.27. The second-order valence-corrected chi connectivity index (χ2v) is 7.45. The van der Waals surface area contributed by atoms with Crippen LogP contribution in [0.3, 0.4) is 0 Å². The molecule has 116 valence electrons. The van der Waals surface area contributed by atoms with Crippen molar-refractivity contribution in [1.82, 2.24) is 19.0 Å².